The van der Waals surface area contributed by atoms with Crippen LogP contribution in [-0.4, -0.2) is 45.3 Å². The summed E-state index contributed by atoms with van der Waals surface area (Å²) in [5.74, 6) is 0.735. The molecule has 7 nitrogen and oxygen atoms in total. The number of ether oxygens (including phenoxy) is 1. The van der Waals surface area contributed by atoms with Gasteiger partial charge in [-0.3, -0.25) is 5.10 Å². The van der Waals surface area contributed by atoms with E-state index in [1.807, 2.05) is 24.3 Å². The van der Waals surface area contributed by atoms with Gasteiger partial charge in [0.2, 0.25) is 0 Å². The van der Waals surface area contributed by atoms with E-state index in [1.165, 1.54) is 11.3 Å². The molecule has 0 radical (unpaired) electrons. The molecular weight excluding hydrogens is 338 g/mol. The van der Waals surface area contributed by atoms with Gasteiger partial charge in [-0.1, -0.05) is 0 Å². The highest BCUT2D eigenvalue weighted by Gasteiger charge is 2.75. The molecule has 2 aromatic rings. The third kappa shape index (κ3) is 3.01. The summed E-state index contributed by atoms with van der Waals surface area (Å²) in [6.07, 6.45) is 5.14. The van der Waals surface area contributed by atoms with Crippen molar-refractivity contribution in [2.75, 3.05) is 18.4 Å². The van der Waals surface area contributed by atoms with Crippen LogP contribution in [0.5, 0.6) is 0 Å². The van der Waals surface area contributed by atoms with Crippen LogP contribution >= 0.6 is 11.9 Å². The van der Waals surface area contributed by atoms with Crippen molar-refractivity contribution in [1.82, 2.24) is 19.8 Å². The molecule has 130 valence electrons. The highest BCUT2D eigenvalue weighted by atomic mass is 32.2. The van der Waals surface area contributed by atoms with Crippen molar-refractivity contribution in [3.8, 4) is 0 Å². The molecule has 0 bridgehead atoms. The van der Waals surface area contributed by atoms with E-state index in [1.54, 1.807) is 24.3 Å². The lowest BCUT2D eigenvalue weighted by Gasteiger charge is -2.22. The van der Waals surface area contributed by atoms with Gasteiger partial charge < -0.3 is 15.4 Å². The molecule has 1 aliphatic carbocycles. The monoisotopic (exact) mass is 357 g/mol. The molecule has 3 fully saturated rings. The highest BCUT2D eigenvalue weighted by Crippen LogP contribution is 2.65. The molecule has 3 heterocycles. The Morgan fingerprint density at radius 2 is 2.28 bits per heavy atom. The Morgan fingerprint density at radius 3 is 3.04 bits per heavy atom. The zero-order valence-electron chi connectivity index (χ0n) is 13.6. The number of aromatic nitrogens is 2. The van der Waals surface area contributed by atoms with Gasteiger partial charge in [-0.05, 0) is 42.6 Å². The van der Waals surface area contributed by atoms with Crippen LogP contribution in [0.3, 0.4) is 0 Å². The molecule has 5 rings (SSSR count). The zero-order chi connectivity index (χ0) is 16.9. The van der Waals surface area contributed by atoms with E-state index in [-0.39, 0.29) is 6.03 Å². The second-order valence-corrected chi connectivity index (χ2v) is 8.01. The Bertz CT molecular complexity index is 761. The molecule has 1 aromatic heterocycles. The molecule has 25 heavy (non-hydrogen) atoms. The fraction of sp³-hybridized carbons (Fsp3) is 0.412. The van der Waals surface area contributed by atoms with Crippen LogP contribution in [0, 0.1) is 5.92 Å². The van der Waals surface area contributed by atoms with Crippen molar-refractivity contribution in [2.45, 2.75) is 29.6 Å². The van der Waals surface area contributed by atoms with Crippen LogP contribution in [-0.2, 0) is 11.3 Å². The number of anilines is 1. The molecular formula is C17H19N5O2S. The number of amides is 2. The summed E-state index contributed by atoms with van der Waals surface area (Å²) in [6, 6.07) is 7.71. The summed E-state index contributed by atoms with van der Waals surface area (Å²) in [7, 11) is 0. The van der Waals surface area contributed by atoms with Gasteiger partial charge in [0, 0.05) is 47.9 Å². The number of carbonyl (C=O) groups is 1. The van der Waals surface area contributed by atoms with Crippen molar-refractivity contribution in [1.29, 1.82) is 0 Å². The Labute approximate surface area is 149 Å². The number of epoxide rings is 1. The molecule has 3 unspecified atom stereocenters. The maximum absolute atomic E-state index is 11.9. The van der Waals surface area contributed by atoms with E-state index in [0.29, 0.717) is 18.2 Å². The molecule has 3 N–H and O–H groups in total. The minimum absolute atomic E-state index is 0.228. The molecule has 1 spiro atoms. The van der Waals surface area contributed by atoms with Crippen LogP contribution in [0.1, 0.15) is 12.0 Å². The summed E-state index contributed by atoms with van der Waals surface area (Å²) in [5.41, 5.74) is 2.01. The number of aromatic amines is 1. The van der Waals surface area contributed by atoms with Gasteiger partial charge in [0.15, 0.2) is 0 Å². The highest BCUT2D eigenvalue weighted by molar-refractivity contribution is 7.97. The quantitative estimate of drug-likeness (QED) is 0.564. The number of nitrogens with one attached hydrogen (secondary N) is 3. The van der Waals surface area contributed by atoms with Crippen molar-refractivity contribution < 1.29 is 9.53 Å². The third-order valence-corrected chi connectivity index (χ3v) is 6.13. The van der Waals surface area contributed by atoms with E-state index in [4.69, 9.17) is 4.74 Å². The van der Waals surface area contributed by atoms with Crippen LogP contribution in [0.4, 0.5) is 10.5 Å². The Kier molecular flexibility index (Phi) is 3.51. The molecule has 3 aliphatic rings. The van der Waals surface area contributed by atoms with E-state index < -0.39 is 0 Å². The molecule has 2 amide bonds. The molecule has 1 saturated carbocycles. The predicted octanol–water partition coefficient (Wildman–Crippen LogP) is 2.21. The third-order valence-electron chi connectivity index (χ3n) is 5.09. The van der Waals surface area contributed by atoms with Gasteiger partial charge in [-0.25, -0.2) is 9.10 Å². The summed E-state index contributed by atoms with van der Waals surface area (Å²) in [4.78, 5) is 13.1. The lowest BCUT2D eigenvalue weighted by atomic mass is 10.2. The summed E-state index contributed by atoms with van der Waals surface area (Å²) in [6.45, 7) is 2.56. The predicted molar refractivity (Wildman–Crippen MR) is 94.0 cm³/mol. The Hall–Kier alpha value is -2.03. The first-order valence-electron chi connectivity index (χ1n) is 8.45. The van der Waals surface area contributed by atoms with Crippen LogP contribution in [0.2, 0.25) is 0 Å². The second-order valence-electron chi connectivity index (χ2n) is 6.84. The van der Waals surface area contributed by atoms with Crippen molar-refractivity contribution in [3.05, 3.63) is 42.2 Å². The summed E-state index contributed by atoms with van der Waals surface area (Å²) in [5, 5.41) is 12.2. The lowest BCUT2D eigenvalue weighted by Crippen LogP contribution is -2.30. The maximum atomic E-state index is 11.9. The number of benzene rings is 1. The SMILES string of the molecule is O=C(NCc1cn[nH]c1)Nc1ccc(SN2CC3CC34OC4C2)cc1. The zero-order valence-corrected chi connectivity index (χ0v) is 14.4. The average Bonchev–Trinajstić information content (AvgIpc) is 3.41. The van der Waals surface area contributed by atoms with E-state index in [9.17, 15) is 4.79 Å². The standard InChI is InChI=1S/C17H19N5O2S/c23-16(18-6-11-7-19-20-8-11)21-13-1-3-14(4-2-13)25-22-9-12-5-17(12)15(10-22)24-17/h1-4,7-8,12,15H,5-6,9-10H2,(H,19,20)(H2,18,21,23). The number of hydrogen-bond donors (Lipinski definition) is 3. The average molecular weight is 357 g/mol. The number of H-pyrrole nitrogens is 1. The van der Waals surface area contributed by atoms with Gasteiger partial charge in [0.25, 0.3) is 0 Å². The first-order valence-corrected chi connectivity index (χ1v) is 9.22. The molecule has 2 saturated heterocycles. The van der Waals surface area contributed by atoms with Gasteiger partial charge in [-0.2, -0.15) is 5.10 Å². The van der Waals surface area contributed by atoms with Crippen molar-refractivity contribution >= 4 is 23.7 Å². The fourth-order valence-electron chi connectivity index (χ4n) is 3.57. The lowest BCUT2D eigenvalue weighted by molar-refractivity contribution is 0.251. The first-order chi connectivity index (χ1) is 12.2. The van der Waals surface area contributed by atoms with E-state index >= 15 is 0 Å². The van der Waals surface area contributed by atoms with E-state index in [0.717, 1.165) is 30.3 Å². The molecule has 1 aromatic carbocycles. The molecule has 2 aliphatic heterocycles. The summed E-state index contributed by atoms with van der Waals surface area (Å²) >= 11 is 1.77. The van der Waals surface area contributed by atoms with Gasteiger partial charge in [0.1, 0.15) is 11.7 Å². The maximum Gasteiger partial charge on any atom is 0.319 e. The van der Waals surface area contributed by atoms with Gasteiger partial charge in [-0.15, -0.1) is 0 Å². The van der Waals surface area contributed by atoms with Crippen molar-refractivity contribution in [2.24, 2.45) is 5.92 Å². The fourth-order valence-corrected chi connectivity index (χ4v) is 4.59. The van der Waals surface area contributed by atoms with Crippen molar-refractivity contribution in [3.63, 3.8) is 0 Å². The smallest absolute Gasteiger partial charge is 0.319 e. The minimum atomic E-state index is -0.228. The molecule has 8 heteroatoms. The number of piperidine rings is 1. The van der Waals surface area contributed by atoms with Gasteiger partial charge in [0.05, 0.1) is 6.20 Å². The number of nitrogens with zero attached hydrogens (tertiary/aromatic N) is 2. The largest absolute Gasteiger partial charge is 0.364 e. The van der Waals surface area contributed by atoms with Gasteiger partial charge >= 0.3 is 6.03 Å². The van der Waals surface area contributed by atoms with Crippen LogP contribution < -0.4 is 10.6 Å². The second kappa shape index (κ2) is 5.76. The number of carbonyl (C=O) groups excluding carboxylic acids is 1. The first kappa shape index (κ1) is 15.2. The van der Waals surface area contributed by atoms with Crippen LogP contribution in [0.15, 0.2) is 41.6 Å². The summed E-state index contributed by atoms with van der Waals surface area (Å²) < 4.78 is 8.20. The number of hydrogen-bond acceptors (Lipinski definition) is 5. The van der Waals surface area contributed by atoms with Crippen LogP contribution in [0.25, 0.3) is 0 Å². The normalized spacial score (nSPS) is 29.4. The topological polar surface area (TPSA) is 85.6 Å². The van der Waals surface area contributed by atoms with E-state index in [2.05, 4.69) is 25.1 Å². The minimum Gasteiger partial charge on any atom is -0.364 e. The Balaban J connectivity index is 1.11. The number of urea groups is 1. The Morgan fingerprint density at radius 1 is 1.40 bits per heavy atom. The number of rotatable bonds is 5. The molecule has 3 atom stereocenters.